The summed E-state index contributed by atoms with van der Waals surface area (Å²) in [6, 6.07) is 9.27. The number of aromatic hydroxyl groups is 1. The molecule has 7 atom stereocenters. The van der Waals surface area contributed by atoms with Crippen LogP contribution < -0.4 is 14.2 Å². The van der Waals surface area contributed by atoms with E-state index in [4.69, 9.17) is 23.7 Å². The van der Waals surface area contributed by atoms with Crippen LogP contribution >= 0.6 is 0 Å². The van der Waals surface area contributed by atoms with Crippen LogP contribution in [0.5, 0.6) is 23.0 Å². The molecule has 12 heteroatoms. The van der Waals surface area contributed by atoms with Gasteiger partial charge < -0.3 is 59.4 Å². The van der Waals surface area contributed by atoms with Crippen LogP contribution in [-0.4, -0.2) is 107 Å². The lowest BCUT2D eigenvalue weighted by Crippen LogP contribution is -2.59. The third kappa shape index (κ3) is 6.92. The summed E-state index contributed by atoms with van der Waals surface area (Å²) in [4.78, 5) is 0. The van der Waals surface area contributed by atoms with Crippen molar-refractivity contribution in [2.45, 2.75) is 42.9 Å². The van der Waals surface area contributed by atoms with Gasteiger partial charge in [-0.3, -0.25) is 0 Å². The van der Waals surface area contributed by atoms with Gasteiger partial charge in [-0.25, -0.2) is 0 Å². The fraction of sp³-hybridized carbons (Fsp3) is 0.462. The van der Waals surface area contributed by atoms with Gasteiger partial charge in [0.05, 0.1) is 34.0 Å². The van der Waals surface area contributed by atoms with Gasteiger partial charge in [0.15, 0.2) is 35.4 Å². The standard InChI is InChI=1S/C26H34O12/c1-34-18-11-15(6-7-16(18)29)22(30)20(12-27)37-17-8-5-14(10-19(17)35-2)4-3-9-36-26-25(33)24(32)23(31)21(13-28)38-26/h3-8,10-11,20-33H,9,12-13H2,1-2H3/b4-3+/t20-,21+,22-,23+,24-,25+,26+/m0/s1. The summed E-state index contributed by atoms with van der Waals surface area (Å²) in [6.07, 6.45) is -5.75. The molecule has 2 aromatic rings. The number of ether oxygens (including phenoxy) is 5. The first-order valence-corrected chi connectivity index (χ1v) is 11.8. The number of aliphatic hydroxyl groups is 6. The van der Waals surface area contributed by atoms with E-state index in [-0.39, 0.29) is 23.9 Å². The van der Waals surface area contributed by atoms with E-state index in [0.717, 1.165) is 0 Å². The average Bonchev–Trinajstić information content (AvgIpc) is 2.94. The SMILES string of the molecule is COc1cc([C@H](O)[C@H](CO)Oc2ccc(/C=C/CO[C@@H]3O[C@H](CO)[C@@H](O)[C@H](O)[C@H]3O)cc2OC)ccc1O. The van der Waals surface area contributed by atoms with Gasteiger partial charge in [0.25, 0.3) is 0 Å². The van der Waals surface area contributed by atoms with Gasteiger partial charge in [0.2, 0.25) is 0 Å². The maximum Gasteiger partial charge on any atom is 0.187 e. The number of hydrogen-bond acceptors (Lipinski definition) is 12. The lowest BCUT2D eigenvalue weighted by Gasteiger charge is -2.39. The molecule has 12 nitrogen and oxygen atoms in total. The maximum atomic E-state index is 10.7. The zero-order valence-corrected chi connectivity index (χ0v) is 21.0. The van der Waals surface area contributed by atoms with Crippen LogP contribution in [0.1, 0.15) is 17.2 Å². The molecule has 1 heterocycles. The molecule has 3 rings (SSSR count). The van der Waals surface area contributed by atoms with E-state index < -0.39 is 56.1 Å². The lowest BCUT2D eigenvalue weighted by atomic mass is 9.99. The van der Waals surface area contributed by atoms with Crippen molar-refractivity contribution in [1.29, 1.82) is 0 Å². The van der Waals surface area contributed by atoms with Crippen LogP contribution in [0.2, 0.25) is 0 Å². The van der Waals surface area contributed by atoms with Crippen molar-refractivity contribution in [3.63, 3.8) is 0 Å². The Kier molecular flexibility index (Phi) is 10.7. The molecule has 0 aliphatic carbocycles. The van der Waals surface area contributed by atoms with Gasteiger partial charge >= 0.3 is 0 Å². The van der Waals surface area contributed by atoms with Gasteiger partial charge in [0, 0.05) is 0 Å². The molecule has 0 amide bonds. The Hall–Kier alpha value is -2.94. The molecule has 38 heavy (non-hydrogen) atoms. The second-order valence-electron chi connectivity index (χ2n) is 8.56. The van der Waals surface area contributed by atoms with E-state index in [1.54, 1.807) is 30.4 Å². The molecule has 0 bridgehead atoms. The first-order chi connectivity index (χ1) is 18.2. The van der Waals surface area contributed by atoms with Crippen LogP contribution in [0.25, 0.3) is 6.08 Å². The fourth-order valence-corrected chi connectivity index (χ4v) is 3.88. The smallest absolute Gasteiger partial charge is 0.187 e. The molecule has 0 saturated carbocycles. The number of rotatable bonds is 12. The minimum absolute atomic E-state index is 0.0157. The number of aliphatic hydroxyl groups excluding tert-OH is 6. The molecular weight excluding hydrogens is 504 g/mol. The summed E-state index contributed by atoms with van der Waals surface area (Å²) < 4.78 is 27.0. The summed E-state index contributed by atoms with van der Waals surface area (Å²) in [5, 5.41) is 69.3. The largest absolute Gasteiger partial charge is 0.504 e. The number of methoxy groups -OCH3 is 2. The van der Waals surface area contributed by atoms with Crippen molar-refractivity contribution in [3.8, 4) is 23.0 Å². The third-order valence-corrected chi connectivity index (χ3v) is 6.06. The highest BCUT2D eigenvalue weighted by Gasteiger charge is 2.43. The number of hydrogen-bond donors (Lipinski definition) is 7. The van der Waals surface area contributed by atoms with E-state index in [1.807, 2.05) is 0 Å². The Morgan fingerprint density at radius 1 is 0.921 bits per heavy atom. The summed E-state index contributed by atoms with van der Waals surface area (Å²) in [5.74, 6) is 0.679. The molecule has 1 aliphatic rings. The summed E-state index contributed by atoms with van der Waals surface area (Å²) >= 11 is 0. The van der Waals surface area contributed by atoms with Crippen molar-refractivity contribution < 1.29 is 59.4 Å². The molecule has 0 spiro atoms. The Labute approximate surface area is 219 Å². The molecule has 2 aromatic carbocycles. The zero-order valence-electron chi connectivity index (χ0n) is 21.0. The molecular formula is C26H34O12. The second kappa shape index (κ2) is 13.7. The topological polar surface area (TPSA) is 188 Å². The first kappa shape index (κ1) is 29.6. The summed E-state index contributed by atoms with van der Waals surface area (Å²) in [7, 11) is 2.82. The van der Waals surface area contributed by atoms with Crippen LogP contribution in [0.4, 0.5) is 0 Å². The van der Waals surface area contributed by atoms with Gasteiger partial charge in [-0.2, -0.15) is 0 Å². The van der Waals surface area contributed by atoms with E-state index in [9.17, 15) is 35.7 Å². The zero-order chi connectivity index (χ0) is 27.8. The predicted molar refractivity (Wildman–Crippen MR) is 133 cm³/mol. The normalized spacial score (nSPS) is 25.2. The summed E-state index contributed by atoms with van der Waals surface area (Å²) in [5.41, 5.74) is 1.06. The number of phenols is 1. The highest BCUT2D eigenvalue weighted by Crippen LogP contribution is 2.34. The Bertz CT molecular complexity index is 1060. The third-order valence-electron chi connectivity index (χ3n) is 6.06. The van der Waals surface area contributed by atoms with Crippen molar-refractivity contribution in [2.75, 3.05) is 34.0 Å². The molecule has 210 valence electrons. The lowest BCUT2D eigenvalue weighted by molar-refractivity contribution is -0.298. The van der Waals surface area contributed by atoms with E-state index in [1.165, 1.54) is 32.4 Å². The Balaban J connectivity index is 1.63. The highest BCUT2D eigenvalue weighted by atomic mass is 16.7. The molecule has 0 aromatic heterocycles. The predicted octanol–water partition coefficient (Wildman–Crippen LogP) is -0.288. The number of benzene rings is 2. The second-order valence-corrected chi connectivity index (χ2v) is 8.56. The molecule has 0 radical (unpaired) electrons. The quantitative estimate of drug-likeness (QED) is 0.187. The van der Waals surface area contributed by atoms with Crippen molar-refractivity contribution in [3.05, 3.63) is 53.6 Å². The minimum Gasteiger partial charge on any atom is -0.504 e. The molecule has 1 saturated heterocycles. The molecule has 7 N–H and O–H groups in total. The van der Waals surface area contributed by atoms with Gasteiger partial charge in [-0.05, 0) is 35.4 Å². The minimum atomic E-state index is -1.52. The van der Waals surface area contributed by atoms with Crippen LogP contribution in [0, 0.1) is 0 Å². The fourth-order valence-electron chi connectivity index (χ4n) is 3.88. The monoisotopic (exact) mass is 538 g/mol. The first-order valence-electron chi connectivity index (χ1n) is 11.8. The average molecular weight is 539 g/mol. The summed E-state index contributed by atoms with van der Waals surface area (Å²) in [6.45, 7) is -1.07. The highest BCUT2D eigenvalue weighted by molar-refractivity contribution is 5.56. The van der Waals surface area contributed by atoms with Crippen molar-refractivity contribution >= 4 is 6.08 Å². The maximum absolute atomic E-state index is 10.7. The van der Waals surface area contributed by atoms with Gasteiger partial charge in [-0.1, -0.05) is 24.3 Å². The van der Waals surface area contributed by atoms with Gasteiger partial charge in [0.1, 0.15) is 30.5 Å². The molecule has 1 aliphatic heterocycles. The van der Waals surface area contributed by atoms with Crippen molar-refractivity contribution in [1.82, 2.24) is 0 Å². The van der Waals surface area contributed by atoms with Crippen LogP contribution in [-0.2, 0) is 9.47 Å². The van der Waals surface area contributed by atoms with Gasteiger partial charge in [-0.15, -0.1) is 0 Å². The number of phenolic OH excluding ortho intramolecular Hbond substituents is 1. The Morgan fingerprint density at radius 3 is 2.32 bits per heavy atom. The molecule has 1 fully saturated rings. The Morgan fingerprint density at radius 2 is 1.66 bits per heavy atom. The van der Waals surface area contributed by atoms with Crippen LogP contribution in [0.3, 0.4) is 0 Å². The van der Waals surface area contributed by atoms with Crippen LogP contribution in [0.15, 0.2) is 42.5 Å². The van der Waals surface area contributed by atoms with Crippen molar-refractivity contribution in [2.24, 2.45) is 0 Å². The molecule has 0 unspecified atom stereocenters. The van der Waals surface area contributed by atoms with E-state index in [0.29, 0.717) is 16.9 Å². The van der Waals surface area contributed by atoms with E-state index in [2.05, 4.69) is 0 Å². The van der Waals surface area contributed by atoms with E-state index >= 15 is 0 Å².